The van der Waals surface area contributed by atoms with Crippen molar-refractivity contribution in [3.63, 3.8) is 0 Å². The lowest BCUT2D eigenvalue weighted by Crippen LogP contribution is -2.50. The van der Waals surface area contributed by atoms with Gasteiger partial charge in [-0.2, -0.15) is 9.40 Å². The van der Waals surface area contributed by atoms with Gasteiger partial charge in [0, 0.05) is 31.7 Å². The predicted octanol–water partition coefficient (Wildman–Crippen LogP) is 0.879. The molecule has 25 heavy (non-hydrogen) atoms. The number of nitrogens with zero attached hydrogens (tertiary/aromatic N) is 3. The van der Waals surface area contributed by atoms with Crippen LogP contribution in [-0.2, 0) is 10.0 Å². The molecule has 0 saturated carbocycles. The van der Waals surface area contributed by atoms with Gasteiger partial charge < -0.3 is 10.0 Å². The number of amides is 1. The smallest absolute Gasteiger partial charge is 0.254 e. The van der Waals surface area contributed by atoms with Gasteiger partial charge in [-0.25, -0.2) is 8.42 Å². The summed E-state index contributed by atoms with van der Waals surface area (Å²) in [6, 6.07) is 6.14. The number of hydrogen-bond donors (Lipinski definition) is 2. The Morgan fingerprint density at radius 3 is 2.44 bits per heavy atom. The van der Waals surface area contributed by atoms with Gasteiger partial charge in [0.1, 0.15) is 10.6 Å². The molecule has 0 bridgehead atoms. The highest BCUT2D eigenvalue weighted by molar-refractivity contribution is 7.89. The number of carbonyl (C=O) groups excluding carboxylic acids is 1. The molecule has 134 valence electrons. The Bertz CT molecular complexity index is 879. The van der Waals surface area contributed by atoms with E-state index in [1.807, 2.05) is 0 Å². The number of piperazine rings is 1. The van der Waals surface area contributed by atoms with Crippen LogP contribution in [-0.4, -0.2) is 65.0 Å². The Morgan fingerprint density at radius 1 is 1.20 bits per heavy atom. The van der Waals surface area contributed by atoms with E-state index < -0.39 is 10.0 Å². The van der Waals surface area contributed by atoms with E-state index in [1.54, 1.807) is 30.9 Å². The molecule has 1 aromatic carbocycles. The number of hydrogen-bond acceptors (Lipinski definition) is 5. The summed E-state index contributed by atoms with van der Waals surface area (Å²) in [6.45, 7) is 4.35. The van der Waals surface area contributed by atoms with Crippen LogP contribution < -0.4 is 0 Å². The molecule has 1 amide bonds. The maximum absolute atomic E-state index is 12.8. The molecule has 2 N–H and O–H groups in total. The van der Waals surface area contributed by atoms with Crippen molar-refractivity contribution in [2.45, 2.75) is 18.7 Å². The summed E-state index contributed by atoms with van der Waals surface area (Å²) in [6.07, 6.45) is 0. The molecule has 1 fully saturated rings. The van der Waals surface area contributed by atoms with E-state index >= 15 is 0 Å². The van der Waals surface area contributed by atoms with Crippen molar-refractivity contribution in [2.24, 2.45) is 0 Å². The van der Waals surface area contributed by atoms with Crippen LogP contribution in [0.5, 0.6) is 5.75 Å². The highest BCUT2D eigenvalue weighted by Gasteiger charge is 2.33. The first kappa shape index (κ1) is 17.4. The monoisotopic (exact) mass is 364 g/mol. The molecular formula is C16H20N4O4S. The van der Waals surface area contributed by atoms with Gasteiger partial charge in [0.2, 0.25) is 10.0 Å². The lowest BCUT2D eigenvalue weighted by molar-refractivity contribution is 0.0697. The Labute approximate surface area is 146 Å². The Balaban J connectivity index is 1.73. The normalized spacial score (nSPS) is 16.2. The first-order valence-electron chi connectivity index (χ1n) is 7.90. The summed E-state index contributed by atoms with van der Waals surface area (Å²) in [7, 11) is -3.64. The minimum atomic E-state index is -3.64. The lowest BCUT2D eigenvalue weighted by Gasteiger charge is -2.34. The predicted molar refractivity (Wildman–Crippen MR) is 90.8 cm³/mol. The van der Waals surface area contributed by atoms with Gasteiger partial charge in [-0.1, -0.05) is 6.07 Å². The highest BCUT2D eigenvalue weighted by atomic mass is 32.2. The molecule has 1 aliphatic rings. The summed E-state index contributed by atoms with van der Waals surface area (Å²) in [5, 5.41) is 16.1. The quantitative estimate of drug-likeness (QED) is 0.841. The van der Waals surface area contributed by atoms with Crippen LogP contribution in [0.3, 0.4) is 0 Å². The Morgan fingerprint density at radius 2 is 1.88 bits per heavy atom. The topological polar surface area (TPSA) is 107 Å². The number of aryl methyl sites for hydroxylation is 2. The number of carbonyl (C=O) groups is 1. The van der Waals surface area contributed by atoms with Crippen LogP contribution in [0.2, 0.25) is 0 Å². The zero-order valence-corrected chi connectivity index (χ0v) is 14.9. The molecule has 0 atom stereocenters. The number of aromatic hydroxyl groups is 1. The molecule has 1 saturated heterocycles. The van der Waals surface area contributed by atoms with E-state index in [0.29, 0.717) is 30.0 Å². The molecule has 1 aromatic heterocycles. The van der Waals surface area contributed by atoms with E-state index in [4.69, 9.17) is 0 Å². The second-order valence-corrected chi connectivity index (χ2v) is 7.88. The first-order valence-corrected chi connectivity index (χ1v) is 9.34. The molecular weight excluding hydrogens is 344 g/mol. The van der Waals surface area contributed by atoms with Crippen molar-refractivity contribution < 1.29 is 18.3 Å². The highest BCUT2D eigenvalue weighted by Crippen LogP contribution is 2.23. The minimum absolute atomic E-state index is 0.0259. The maximum Gasteiger partial charge on any atom is 0.254 e. The van der Waals surface area contributed by atoms with Gasteiger partial charge in [-0.05, 0) is 32.0 Å². The average Bonchev–Trinajstić information content (AvgIpc) is 2.93. The average molecular weight is 364 g/mol. The lowest BCUT2D eigenvalue weighted by atomic mass is 10.2. The summed E-state index contributed by atoms with van der Waals surface area (Å²) in [4.78, 5) is 14.3. The van der Waals surface area contributed by atoms with Crippen LogP contribution >= 0.6 is 0 Å². The van der Waals surface area contributed by atoms with E-state index in [9.17, 15) is 18.3 Å². The molecule has 0 unspecified atom stereocenters. The van der Waals surface area contributed by atoms with Crippen LogP contribution in [0.15, 0.2) is 29.2 Å². The minimum Gasteiger partial charge on any atom is -0.508 e. The molecule has 1 aliphatic heterocycles. The van der Waals surface area contributed by atoms with Crippen LogP contribution in [0.25, 0.3) is 0 Å². The van der Waals surface area contributed by atoms with E-state index in [2.05, 4.69) is 10.2 Å². The third-order valence-corrected chi connectivity index (χ3v) is 6.44. The van der Waals surface area contributed by atoms with Crippen LogP contribution in [0.1, 0.15) is 21.7 Å². The zero-order valence-electron chi connectivity index (χ0n) is 14.1. The molecule has 0 aliphatic carbocycles. The molecule has 9 heteroatoms. The molecule has 0 radical (unpaired) electrons. The van der Waals surface area contributed by atoms with Crippen LogP contribution in [0.4, 0.5) is 0 Å². The molecule has 2 aromatic rings. The third-order valence-electron chi connectivity index (χ3n) is 4.28. The molecule has 8 nitrogen and oxygen atoms in total. The third kappa shape index (κ3) is 3.24. The fraction of sp³-hybridized carbons (Fsp3) is 0.375. The van der Waals surface area contributed by atoms with Crippen molar-refractivity contribution in [3.05, 3.63) is 41.2 Å². The summed E-state index contributed by atoms with van der Waals surface area (Å²) >= 11 is 0. The standard InChI is InChI=1S/C16H20N4O4S/c1-11-15(12(2)18-17-11)25(23,24)20-8-6-19(7-9-20)16(22)13-4-3-5-14(21)10-13/h3-5,10,21H,6-9H2,1-2H3,(H,17,18). The van der Waals surface area contributed by atoms with Crippen molar-refractivity contribution >= 4 is 15.9 Å². The van der Waals surface area contributed by atoms with Gasteiger partial charge in [0.25, 0.3) is 5.91 Å². The van der Waals surface area contributed by atoms with Crippen molar-refractivity contribution in [1.29, 1.82) is 0 Å². The summed E-state index contributed by atoms with van der Waals surface area (Å²) in [5.41, 5.74) is 1.34. The number of aromatic nitrogens is 2. The SMILES string of the molecule is Cc1n[nH]c(C)c1S(=O)(=O)N1CCN(C(=O)c2cccc(O)c2)CC1. The number of aromatic amines is 1. The molecule has 2 heterocycles. The van der Waals surface area contributed by atoms with Crippen molar-refractivity contribution in [2.75, 3.05) is 26.2 Å². The number of sulfonamides is 1. The Kier molecular flexibility index (Phi) is 4.53. The first-order chi connectivity index (χ1) is 11.8. The maximum atomic E-state index is 12.8. The largest absolute Gasteiger partial charge is 0.508 e. The van der Waals surface area contributed by atoms with E-state index in [0.717, 1.165) is 0 Å². The fourth-order valence-electron chi connectivity index (χ4n) is 3.00. The number of phenolic OH excluding ortho intramolecular Hbond substituents is 1. The van der Waals surface area contributed by atoms with Crippen molar-refractivity contribution in [3.8, 4) is 5.75 Å². The fourth-order valence-corrected chi connectivity index (χ4v) is 4.76. The van der Waals surface area contributed by atoms with Gasteiger partial charge in [0.15, 0.2) is 0 Å². The zero-order chi connectivity index (χ0) is 18.2. The van der Waals surface area contributed by atoms with Gasteiger partial charge in [0.05, 0.1) is 11.4 Å². The van der Waals surface area contributed by atoms with Gasteiger partial charge >= 0.3 is 0 Å². The van der Waals surface area contributed by atoms with E-state index in [-0.39, 0.29) is 29.6 Å². The molecule has 3 rings (SSSR count). The van der Waals surface area contributed by atoms with Crippen molar-refractivity contribution in [1.82, 2.24) is 19.4 Å². The Hall–Kier alpha value is -2.39. The van der Waals surface area contributed by atoms with E-state index in [1.165, 1.54) is 16.4 Å². The number of H-pyrrole nitrogens is 1. The number of rotatable bonds is 3. The second-order valence-electron chi connectivity index (χ2n) is 6.01. The van der Waals surface area contributed by atoms with Gasteiger partial charge in [-0.15, -0.1) is 0 Å². The molecule has 0 spiro atoms. The van der Waals surface area contributed by atoms with Gasteiger partial charge in [-0.3, -0.25) is 9.89 Å². The number of nitrogens with one attached hydrogen (secondary N) is 1. The van der Waals surface area contributed by atoms with Crippen LogP contribution in [0, 0.1) is 13.8 Å². The summed E-state index contributed by atoms with van der Waals surface area (Å²) < 4.78 is 27.0. The number of phenols is 1. The summed E-state index contributed by atoms with van der Waals surface area (Å²) in [5.74, 6) is -0.193. The second kappa shape index (κ2) is 6.49. The number of benzene rings is 1.